The number of halogens is 5. The minimum absolute atomic E-state index is 0.0719. The number of nitrogens with zero attached hydrogens (tertiary/aromatic N) is 1. The van der Waals surface area contributed by atoms with E-state index in [0.717, 1.165) is 40.4 Å². The van der Waals surface area contributed by atoms with Gasteiger partial charge in [0.25, 0.3) is 0 Å². The van der Waals surface area contributed by atoms with Gasteiger partial charge in [-0.05, 0) is 111 Å². The fraction of sp³-hybridized carbons (Fsp3) is 0.447. The number of allylic oxidation sites excluding steroid dienone is 2. The number of hydrogen-bond acceptors (Lipinski definition) is 6. The minimum atomic E-state index is -4.89. The molecule has 51 heavy (non-hydrogen) atoms. The van der Waals surface area contributed by atoms with E-state index in [-0.39, 0.29) is 37.1 Å². The van der Waals surface area contributed by atoms with Gasteiger partial charge >= 0.3 is 6.36 Å². The molecule has 0 aliphatic heterocycles. The number of aliphatic hydroxyl groups is 2. The summed E-state index contributed by atoms with van der Waals surface area (Å²) in [6.07, 6.45) is 0.180. The molecule has 4 unspecified atom stereocenters. The van der Waals surface area contributed by atoms with Crippen molar-refractivity contribution >= 4 is 15.8 Å². The Kier molecular flexibility index (Phi) is 11.2. The van der Waals surface area contributed by atoms with Gasteiger partial charge in [-0.2, -0.15) is 4.31 Å². The first kappa shape index (κ1) is 38.6. The summed E-state index contributed by atoms with van der Waals surface area (Å²) in [4.78, 5) is 14.1. The Morgan fingerprint density at radius 3 is 2.35 bits per heavy atom. The molecule has 4 atom stereocenters. The molecule has 2 N–H and O–H groups in total. The first-order valence-electron chi connectivity index (χ1n) is 16.8. The van der Waals surface area contributed by atoms with E-state index in [4.69, 9.17) is 0 Å². The molecule has 7 nitrogen and oxygen atoms in total. The Bertz CT molecular complexity index is 1900. The number of rotatable bonds is 8. The van der Waals surface area contributed by atoms with Crippen LogP contribution in [-0.2, 0) is 23.0 Å². The largest absolute Gasteiger partial charge is 0.573 e. The minimum Gasteiger partial charge on any atom is -0.406 e. The van der Waals surface area contributed by atoms with Crippen LogP contribution in [0.4, 0.5) is 22.0 Å². The van der Waals surface area contributed by atoms with Crippen LogP contribution in [0.15, 0.2) is 72.3 Å². The highest BCUT2D eigenvalue weighted by Crippen LogP contribution is 2.59. The molecule has 0 heterocycles. The first-order valence-corrected chi connectivity index (χ1v) is 18.6. The lowest BCUT2D eigenvalue weighted by atomic mass is 9.64. The second kappa shape index (κ2) is 14.8. The van der Waals surface area contributed by atoms with Gasteiger partial charge in [-0.25, -0.2) is 17.2 Å². The molecule has 0 aromatic heterocycles. The lowest BCUT2D eigenvalue weighted by Gasteiger charge is -2.45. The van der Waals surface area contributed by atoms with Gasteiger partial charge in [-0.15, -0.1) is 13.2 Å². The number of ketones is 1. The van der Waals surface area contributed by atoms with Crippen LogP contribution in [0.3, 0.4) is 0 Å². The van der Waals surface area contributed by atoms with E-state index in [1.54, 1.807) is 12.1 Å². The van der Waals surface area contributed by atoms with Crippen molar-refractivity contribution in [3.8, 4) is 5.75 Å². The Morgan fingerprint density at radius 1 is 1.00 bits per heavy atom. The first-order chi connectivity index (χ1) is 23.8. The Hall–Kier alpha value is -3.65. The van der Waals surface area contributed by atoms with Gasteiger partial charge in [0.2, 0.25) is 10.0 Å². The normalized spacial score (nSPS) is 24.6. The molecule has 6 rings (SSSR count). The van der Waals surface area contributed by atoms with Gasteiger partial charge < -0.3 is 14.9 Å². The van der Waals surface area contributed by atoms with Gasteiger partial charge in [0, 0.05) is 29.6 Å². The zero-order chi connectivity index (χ0) is 37.4. The summed E-state index contributed by atoms with van der Waals surface area (Å²) < 4.78 is 97.7. The van der Waals surface area contributed by atoms with Crippen LogP contribution in [0, 0.1) is 17.0 Å². The third kappa shape index (κ3) is 8.88. The average Bonchev–Trinajstić information content (AvgIpc) is 3.29. The van der Waals surface area contributed by atoms with E-state index in [2.05, 4.69) is 4.74 Å². The van der Waals surface area contributed by atoms with Crippen LogP contribution in [0.2, 0.25) is 0 Å². The molecule has 2 bridgehead atoms. The summed E-state index contributed by atoms with van der Waals surface area (Å²) in [6.45, 7) is 3.26. The van der Waals surface area contributed by atoms with E-state index in [9.17, 15) is 45.4 Å². The fourth-order valence-electron chi connectivity index (χ4n) is 7.57. The fourth-order valence-corrected chi connectivity index (χ4v) is 8.40. The number of aliphatic hydroxyl groups excluding tert-OH is 1. The number of fused-ring (bicyclic) bond motifs is 8. The van der Waals surface area contributed by atoms with Crippen molar-refractivity contribution in [1.82, 2.24) is 4.31 Å². The summed E-state index contributed by atoms with van der Waals surface area (Å²) in [5.74, 6) is -3.78. The van der Waals surface area contributed by atoms with Gasteiger partial charge in [-0.1, -0.05) is 42.8 Å². The number of ether oxygens (including phenoxy) is 1. The number of carbonyl (C=O) groups excluding carboxylic acids is 1. The van der Waals surface area contributed by atoms with E-state index >= 15 is 0 Å². The molecule has 1 saturated carbocycles. The molecule has 3 aliphatic rings. The molecule has 0 amide bonds. The van der Waals surface area contributed by atoms with Crippen molar-refractivity contribution in [3.05, 3.63) is 112 Å². The molecule has 3 aliphatic carbocycles. The molecule has 0 radical (unpaired) electrons. The van der Waals surface area contributed by atoms with Crippen LogP contribution in [0.1, 0.15) is 90.9 Å². The number of sulfonamides is 1. The topological polar surface area (TPSA) is 104 Å². The van der Waals surface area contributed by atoms with Crippen LogP contribution in [-0.4, -0.2) is 59.6 Å². The number of alkyl halides is 3. The van der Waals surface area contributed by atoms with Crippen molar-refractivity contribution in [2.24, 2.45) is 5.41 Å². The van der Waals surface area contributed by atoms with Crippen LogP contribution in [0.5, 0.6) is 5.75 Å². The summed E-state index contributed by atoms with van der Waals surface area (Å²) in [7, 11) is -3.96. The zero-order valence-corrected chi connectivity index (χ0v) is 29.5. The number of hydrogen-bond donors (Lipinski definition) is 2. The quantitative estimate of drug-likeness (QED) is 0.140. The third-order valence-corrected chi connectivity index (χ3v) is 11.7. The highest BCUT2D eigenvalue weighted by atomic mass is 32.2. The molecule has 0 spiro atoms. The summed E-state index contributed by atoms with van der Waals surface area (Å²) in [5, 5.41) is 23.4. The lowest BCUT2D eigenvalue weighted by molar-refractivity contribution is -0.274. The monoisotopic (exact) mass is 735 g/mol. The maximum atomic E-state index is 14.3. The standard InChI is InChI=1S/C38H42F5NO6S/c1-24-5-4-17-36(2)32(16-18-37(36,47)23-44(51(3,48)49)22-25-7-12-29(13-8-25)50-38(41,42)43)30-14-9-26(19-28(45)11-6-24)20-31(30)35(46)27-10-15-33(39)34(40)21-27/h5,7-10,12-15,20-21,28,32,45,47H,4,6,11,16-19,22-23H2,1-3H3. The second-order valence-corrected chi connectivity index (χ2v) is 16.1. The van der Waals surface area contributed by atoms with Gasteiger partial charge in [-0.3, -0.25) is 4.79 Å². The maximum absolute atomic E-state index is 14.3. The summed E-state index contributed by atoms with van der Waals surface area (Å²) in [6, 6.07) is 13.0. The van der Waals surface area contributed by atoms with E-state index < -0.39 is 62.6 Å². The number of carbonyl (C=O) groups is 1. The predicted molar refractivity (Wildman–Crippen MR) is 182 cm³/mol. The maximum Gasteiger partial charge on any atom is 0.573 e. The Balaban J connectivity index is 1.56. The van der Waals surface area contributed by atoms with Gasteiger partial charge in [0.1, 0.15) is 5.75 Å². The molecule has 276 valence electrons. The zero-order valence-electron chi connectivity index (χ0n) is 28.6. The molecule has 0 saturated heterocycles. The SMILES string of the molecule is CC1=CCCC2(C)C(CCC2(O)CN(Cc2ccc(OC(F)(F)F)cc2)S(C)(=O)=O)c2ccc(cc2C(=O)c2ccc(F)c(F)c2)CC(O)CC1. The van der Waals surface area contributed by atoms with Gasteiger partial charge in [0.05, 0.1) is 18.0 Å². The van der Waals surface area contributed by atoms with Crippen molar-refractivity contribution in [2.75, 3.05) is 12.8 Å². The smallest absolute Gasteiger partial charge is 0.406 e. The average molecular weight is 736 g/mol. The van der Waals surface area contributed by atoms with Crippen molar-refractivity contribution in [2.45, 2.75) is 89.3 Å². The van der Waals surface area contributed by atoms with Crippen LogP contribution < -0.4 is 4.74 Å². The molecule has 13 heteroatoms. The highest BCUT2D eigenvalue weighted by Gasteiger charge is 2.58. The molecule has 3 aromatic rings. The lowest BCUT2D eigenvalue weighted by Crippen LogP contribution is -2.53. The second-order valence-electron chi connectivity index (χ2n) is 14.1. The van der Waals surface area contributed by atoms with E-state index in [1.165, 1.54) is 18.2 Å². The van der Waals surface area contributed by atoms with Crippen LogP contribution >= 0.6 is 0 Å². The van der Waals surface area contributed by atoms with Crippen LogP contribution in [0.25, 0.3) is 0 Å². The predicted octanol–water partition coefficient (Wildman–Crippen LogP) is 7.59. The Morgan fingerprint density at radius 2 is 1.71 bits per heavy atom. The highest BCUT2D eigenvalue weighted by molar-refractivity contribution is 7.88. The van der Waals surface area contributed by atoms with E-state index in [1.807, 2.05) is 26.0 Å². The molecule has 1 fully saturated rings. The molecular formula is C38H42F5NO6S. The Labute approximate surface area is 294 Å². The summed E-state index contributed by atoms with van der Waals surface area (Å²) >= 11 is 0. The van der Waals surface area contributed by atoms with Crippen molar-refractivity contribution in [3.63, 3.8) is 0 Å². The van der Waals surface area contributed by atoms with E-state index in [0.29, 0.717) is 48.8 Å². The van der Waals surface area contributed by atoms with Crippen molar-refractivity contribution < 1.29 is 50.1 Å². The van der Waals surface area contributed by atoms with Crippen molar-refractivity contribution in [1.29, 1.82) is 0 Å². The van der Waals surface area contributed by atoms with Gasteiger partial charge in [0.15, 0.2) is 17.4 Å². The molecule has 3 aromatic carbocycles. The molecular weight excluding hydrogens is 693 g/mol. The number of benzene rings is 3. The summed E-state index contributed by atoms with van der Waals surface area (Å²) in [5.41, 5.74) is 0.146. The third-order valence-electron chi connectivity index (χ3n) is 10.5.